The quantitative estimate of drug-likeness (QED) is 0.495. The second-order valence-corrected chi connectivity index (χ2v) is 4.76. The van der Waals surface area contributed by atoms with E-state index in [0.29, 0.717) is 17.2 Å². The summed E-state index contributed by atoms with van der Waals surface area (Å²) in [5.74, 6) is 0.525. The summed E-state index contributed by atoms with van der Waals surface area (Å²) >= 11 is 4.82. The van der Waals surface area contributed by atoms with Crippen LogP contribution in [-0.2, 0) is 0 Å². The van der Waals surface area contributed by atoms with Gasteiger partial charge in [-0.05, 0) is 48.6 Å². The van der Waals surface area contributed by atoms with Crippen LogP contribution in [0.25, 0.3) is 22.6 Å². The normalized spacial score (nSPS) is 10.6. The first-order valence-corrected chi connectivity index (χ1v) is 6.35. The van der Waals surface area contributed by atoms with Gasteiger partial charge >= 0.3 is 0 Å². The SMILES string of the molecule is NC(=S)Nc1cccc(-c2nc3cc(N)ccc3o2)c1. The Labute approximate surface area is 120 Å². The third kappa shape index (κ3) is 2.41. The molecule has 0 amide bonds. The summed E-state index contributed by atoms with van der Waals surface area (Å²) in [6.07, 6.45) is 0. The van der Waals surface area contributed by atoms with Crippen LogP contribution in [0.2, 0.25) is 0 Å². The summed E-state index contributed by atoms with van der Waals surface area (Å²) in [4.78, 5) is 4.43. The first-order chi connectivity index (χ1) is 9.61. The van der Waals surface area contributed by atoms with Crippen molar-refractivity contribution in [2.45, 2.75) is 0 Å². The largest absolute Gasteiger partial charge is 0.436 e. The highest BCUT2D eigenvalue weighted by molar-refractivity contribution is 7.80. The molecule has 6 heteroatoms. The number of fused-ring (bicyclic) bond motifs is 1. The predicted octanol–water partition coefficient (Wildman–Crippen LogP) is 2.73. The van der Waals surface area contributed by atoms with E-state index in [9.17, 15) is 0 Å². The summed E-state index contributed by atoms with van der Waals surface area (Å²) in [5, 5.41) is 3.09. The van der Waals surface area contributed by atoms with Gasteiger partial charge in [0.25, 0.3) is 0 Å². The third-order valence-electron chi connectivity index (χ3n) is 2.79. The number of oxazole rings is 1. The van der Waals surface area contributed by atoms with Crippen molar-refractivity contribution in [3.05, 3.63) is 42.5 Å². The van der Waals surface area contributed by atoms with Gasteiger partial charge in [0.05, 0.1) is 0 Å². The maximum Gasteiger partial charge on any atom is 0.227 e. The van der Waals surface area contributed by atoms with E-state index in [4.69, 9.17) is 28.1 Å². The highest BCUT2D eigenvalue weighted by atomic mass is 32.1. The van der Waals surface area contributed by atoms with Gasteiger partial charge in [0, 0.05) is 16.9 Å². The topological polar surface area (TPSA) is 90.1 Å². The molecule has 2 aromatic carbocycles. The van der Waals surface area contributed by atoms with Crippen LogP contribution in [0.1, 0.15) is 0 Å². The van der Waals surface area contributed by atoms with Crippen molar-refractivity contribution in [1.29, 1.82) is 0 Å². The molecular formula is C14H12N4OS. The number of nitrogen functional groups attached to an aromatic ring is 1. The van der Waals surface area contributed by atoms with Crippen LogP contribution in [0.5, 0.6) is 0 Å². The second kappa shape index (κ2) is 4.82. The number of rotatable bonds is 2. The molecule has 100 valence electrons. The Hall–Kier alpha value is -2.60. The van der Waals surface area contributed by atoms with E-state index in [1.807, 2.05) is 24.3 Å². The van der Waals surface area contributed by atoms with Crippen LogP contribution < -0.4 is 16.8 Å². The zero-order valence-corrected chi connectivity index (χ0v) is 11.3. The van der Waals surface area contributed by atoms with Crippen molar-refractivity contribution in [3.8, 4) is 11.5 Å². The first kappa shape index (κ1) is 12.4. The van der Waals surface area contributed by atoms with E-state index < -0.39 is 0 Å². The number of thiocarbonyl (C=S) groups is 1. The van der Waals surface area contributed by atoms with Gasteiger partial charge in [-0.15, -0.1) is 0 Å². The predicted molar refractivity (Wildman–Crippen MR) is 84.3 cm³/mol. The van der Waals surface area contributed by atoms with Crippen LogP contribution in [0.3, 0.4) is 0 Å². The number of nitrogens with two attached hydrogens (primary N) is 2. The number of nitrogens with zero attached hydrogens (tertiary/aromatic N) is 1. The molecule has 0 radical (unpaired) electrons. The molecule has 0 saturated carbocycles. The number of hydrogen-bond donors (Lipinski definition) is 3. The molecular weight excluding hydrogens is 272 g/mol. The highest BCUT2D eigenvalue weighted by Gasteiger charge is 2.09. The van der Waals surface area contributed by atoms with E-state index >= 15 is 0 Å². The molecule has 3 aromatic rings. The zero-order valence-electron chi connectivity index (χ0n) is 10.5. The smallest absolute Gasteiger partial charge is 0.227 e. The lowest BCUT2D eigenvalue weighted by Crippen LogP contribution is -2.18. The van der Waals surface area contributed by atoms with E-state index in [1.165, 1.54) is 0 Å². The van der Waals surface area contributed by atoms with Gasteiger partial charge in [0.15, 0.2) is 10.7 Å². The van der Waals surface area contributed by atoms with Gasteiger partial charge in [-0.3, -0.25) is 0 Å². The van der Waals surface area contributed by atoms with Gasteiger partial charge in [0.2, 0.25) is 5.89 Å². The number of aromatic nitrogens is 1. The summed E-state index contributed by atoms with van der Waals surface area (Å²) in [6, 6.07) is 12.9. The molecule has 5 nitrogen and oxygen atoms in total. The van der Waals surface area contributed by atoms with Crippen molar-refractivity contribution in [2.24, 2.45) is 5.73 Å². The van der Waals surface area contributed by atoms with E-state index in [-0.39, 0.29) is 5.11 Å². The Kier molecular flexibility index (Phi) is 3.00. The number of nitrogens with one attached hydrogen (secondary N) is 1. The average molecular weight is 284 g/mol. The molecule has 1 aromatic heterocycles. The van der Waals surface area contributed by atoms with Crippen molar-refractivity contribution in [2.75, 3.05) is 11.1 Å². The summed E-state index contributed by atoms with van der Waals surface area (Å²) in [7, 11) is 0. The molecule has 3 rings (SSSR count). The van der Waals surface area contributed by atoms with Crippen molar-refractivity contribution < 1.29 is 4.42 Å². The van der Waals surface area contributed by atoms with E-state index in [1.54, 1.807) is 18.2 Å². The molecule has 0 bridgehead atoms. The fourth-order valence-electron chi connectivity index (χ4n) is 1.94. The lowest BCUT2D eigenvalue weighted by atomic mass is 10.2. The molecule has 0 atom stereocenters. The van der Waals surface area contributed by atoms with Crippen LogP contribution >= 0.6 is 12.2 Å². The minimum Gasteiger partial charge on any atom is -0.436 e. The van der Waals surface area contributed by atoms with Gasteiger partial charge in [-0.1, -0.05) is 6.07 Å². The number of anilines is 2. The Morgan fingerprint density at radius 3 is 2.85 bits per heavy atom. The molecule has 1 heterocycles. The Bertz CT molecular complexity index is 797. The molecule has 0 fully saturated rings. The fraction of sp³-hybridized carbons (Fsp3) is 0. The van der Waals surface area contributed by atoms with Crippen LogP contribution in [0.15, 0.2) is 46.9 Å². The molecule has 0 aliphatic rings. The maximum absolute atomic E-state index is 5.73. The first-order valence-electron chi connectivity index (χ1n) is 5.95. The molecule has 0 aliphatic heterocycles. The van der Waals surface area contributed by atoms with E-state index in [2.05, 4.69) is 10.3 Å². The van der Waals surface area contributed by atoms with Gasteiger partial charge in [-0.2, -0.15) is 0 Å². The van der Waals surface area contributed by atoms with Crippen molar-refractivity contribution in [3.63, 3.8) is 0 Å². The van der Waals surface area contributed by atoms with E-state index in [0.717, 1.165) is 16.8 Å². The van der Waals surface area contributed by atoms with Gasteiger partial charge in [0.1, 0.15) is 5.52 Å². The highest BCUT2D eigenvalue weighted by Crippen LogP contribution is 2.27. The fourth-order valence-corrected chi connectivity index (χ4v) is 2.06. The molecule has 0 unspecified atom stereocenters. The summed E-state index contributed by atoms with van der Waals surface area (Å²) in [6.45, 7) is 0. The number of benzene rings is 2. The third-order valence-corrected chi connectivity index (χ3v) is 2.89. The Balaban J connectivity index is 2.03. The maximum atomic E-state index is 5.73. The molecule has 20 heavy (non-hydrogen) atoms. The second-order valence-electron chi connectivity index (χ2n) is 4.32. The van der Waals surface area contributed by atoms with Gasteiger partial charge in [-0.25, -0.2) is 4.98 Å². The minimum atomic E-state index is 0.215. The van der Waals surface area contributed by atoms with Gasteiger partial charge < -0.3 is 21.2 Å². The average Bonchev–Trinajstić information content (AvgIpc) is 2.81. The van der Waals surface area contributed by atoms with Crippen LogP contribution in [0.4, 0.5) is 11.4 Å². The lowest BCUT2D eigenvalue weighted by molar-refractivity contribution is 0.620. The van der Waals surface area contributed by atoms with Crippen LogP contribution in [0, 0.1) is 0 Å². The summed E-state index contributed by atoms with van der Waals surface area (Å²) in [5.41, 5.74) is 14.9. The molecule has 5 N–H and O–H groups in total. The Morgan fingerprint density at radius 1 is 1.20 bits per heavy atom. The van der Waals surface area contributed by atoms with Crippen molar-refractivity contribution in [1.82, 2.24) is 4.98 Å². The van der Waals surface area contributed by atoms with Crippen molar-refractivity contribution >= 4 is 39.8 Å². The number of hydrogen-bond acceptors (Lipinski definition) is 4. The lowest BCUT2D eigenvalue weighted by Gasteiger charge is -2.04. The molecule has 0 saturated heterocycles. The summed E-state index contributed by atoms with van der Waals surface area (Å²) < 4.78 is 5.71. The monoisotopic (exact) mass is 284 g/mol. The van der Waals surface area contributed by atoms with Crippen LogP contribution in [-0.4, -0.2) is 10.1 Å². The minimum absolute atomic E-state index is 0.215. The zero-order chi connectivity index (χ0) is 14.1. The molecule has 0 aliphatic carbocycles. The molecule has 0 spiro atoms. The Morgan fingerprint density at radius 2 is 2.05 bits per heavy atom. The standard InChI is InChI=1S/C14H12N4OS/c15-9-4-5-12-11(7-9)18-13(19-12)8-2-1-3-10(6-8)17-14(16)20/h1-7H,15H2,(H3,16,17,20).